The minimum atomic E-state index is -1.10. The Balaban J connectivity index is 0.000000524. The highest BCUT2D eigenvalue weighted by Crippen LogP contribution is 2.26. The van der Waals surface area contributed by atoms with E-state index >= 15 is 0 Å². The predicted octanol–water partition coefficient (Wildman–Crippen LogP) is 7.13. The molecule has 2 aromatic rings. The van der Waals surface area contributed by atoms with Crippen LogP contribution in [0.25, 0.3) is 0 Å². The van der Waals surface area contributed by atoms with Crippen molar-refractivity contribution in [3.8, 4) is 11.5 Å². The topological polar surface area (TPSA) is 148 Å². The fourth-order valence-electron chi connectivity index (χ4n) is 1.87. The number of rotatable bonds is 6. The molecule has 0 N–H and O–H groups in total. The number of hydrogen-bond donors (Lipinski definition) is 0. The van der Waals surface area contributed by atoms with E-state index in [-0.39, 0.29) is 23.1 Å². The second kappa shape index (κ2) is 17.3. The lowest BCUT2D eigenvalue weighted by Gasteiger charge is -2.10. The molecule has 0 aliphatic carbocycles. The normalized spacial score (nSPS) is 10.3. The van der Waals surface area contributed by atoms with Gasteiger partial charge in [0.15, 0.2) is 5.56 Å². The Kier molecular flexibility index (Phi) is 15.8. The highest BCUT2D eigenvalue weighted by Gasteiger charge is 2.15. The van der Waals surface area contributed by atoms with Crippen LogP contribution in [0.5, 0.6) is 11.5 Å². The van der Waals surface area contributed by atoms with Crippen molar-refractivity contribution >= 4 is 74.3 Å². The number of esters is 1. The number of hydrogen-bond acceptors (Lipinski definition) is 10. The van der Waals surface area contributed by atoms with Crippen molar-refractivity contribution in [2.45, 2.75) is 19.4 Å². The van der Waals surface area contributed by atoms with E-state index in [9.17, 15) is 29.3 Å². The van der Waals surface area contributed by atoms with Crippen LogP contribution in [0.1, 0.15) is 24.2 Å². The minimum absolute atomic E-state index is 0.0920. The summed E-state index contributed by atoms with van der Waals surface area (Å²) in [5.41, 5.74) is -3.41. The summed E-state index contributed by atoms with van der Waals surface area (Å²) >= 11 is 20.2. The van der Waals surface area contributed by atoms with Crippen LogP contribution in [0.2, 0.25) is 0 Å². The molecule has 0 aliphatic heterocycles. The molecule has 0 fully saturated rings. The molecular formula is C21H19Cl4NO10. The largest absolute Gasteiger partial charge is 0.465 e. The van der Waals surface area contributed by atoms with Crippen molar-refractivity contribution in [3.05, 3.63) is 64.2 Å². The summed E-state index contributed by atoms with van der Waals surface area (Å²) in [5.74, 6) is -0.242. The maximum absolute atomic E-state index is 11.0. The Hall–Kier alpha value is -3.12. The average Bonchev–Trinajstić information content (AvgIpc) is 2.79. The van der Waals surface area contributed by atoms with Gasteiger partial charge in [-0.1, -0.05) is 37.6 Å². The van der Waals surface area contributed by atoms with E-state index in [1.165, 1.54) is 55.6 Å². The molecule has 0 bridgehead atoms. The highest BCUT2D eigenvalue weighted by molar-refractivity contribution is 6.62. The molecule has 0 spiro atoms. The molecule has 11 nitrogen and oxygen atoms in total. The standard InChI is InChI=1S/C9H7ClO4.C7H4ClNO4.C5H8Cl2O2/c1-13-8(11)6-2-4-7(5-3-6)14-9(10)12;8-7(10)13-6-4-2-1-3-5(6)9(11)12;1-3(2)4(6)9-5(7)8/h2-5H,1H3;1-4H;3-4H,1-2H3. The first kappa shape index (κ1) is 32.9. The van der Waals surface area contributed by atoms with E-state index in [4.69, 9.17) is 46.4 Å². The van der Waals surface area contributed by atoms with Crippen molar-refractivity contribution in [3.63, 3.8) is 0 Å². The number of para-hydroxylation sites is 2. The van der Waals surface area contributed by atoms with Gasteiger partial charge in [-0.05, 0) is 30.3 Å². The first-order valence-corrected chi connectivity index (χ1v) is 11.0. The summed E-state index contributed by atoms with van der Waals surface area (Å²) in [6.07, 6.45) is 0. The van der Waals surface area contributed by atoms with Crippen LogP contribution in [0.15, 0.2) is 48.5 Å². The molecule has 0 aliphatic rings. The fraction of sp³-hybridized carbons (Fsp3) is 0.238. The summed E-state index contributed by atoms with van der Waals surface area (Å²) in [5, 5.41) is 10.4. The van der Waals surface area contributed by atoms with Crippen LogP contribution in [0.4, 0.5) is 20.1 Å². The van der Waals surface area contributed by atoms with Gasteiger partial charge in [0.05, 0.1) is 17.6 Å². The van der Waals surface area contributed by atoms with Crippen molar-refractivity contribution in [2.75, 3.05) is 7.11 Å². The molecule has 15 heteroatoms. The van der Waals surface area contributed by atoms with E-state index in [1.54, 1.807) is 0 Å². The zero-order valence-electron chi connectivity index (χ0n) is 18.8. The number of methoxy groups -OCH3 is 1. The number of halogens is 4. The van der Waals surface area contributed by atoms with Gasteiger partial charge in [0.25, 0.3) is 0 Å². The third-order valence-corrected chi connectivity index (χ3v) is 4.29. The highest BCUT2D eigenvalue weighted by atomic mass is 35.5. The third kappa shape index (κ3) is 14.3. The number of ether oxygens (including phenoxy) is 4. The van der Waals surface area contributed by atoms with Gasteiger partial charge in [0.1, 0.15) is 5.75 Å². The summed E-state index contributed by atoms with van der Waals surface area (Å²) in [4.78, 5) is 51.4. The van der Waals surface area contributed by atoms with E-state index in [0.29, 0.717) is 5.56 Å². The number of nitro groups is 1. The molecule has 1 unspecified atom stereocenters. The number of carbonyl (C=O) groups excluding carboxylic acids is 4. The molecular weight excluding hydrogens is 568 g/mol. The zero-order chi connectivity index (χ0) is 27.8. The van der Waals surface area contributed by atoms with Crippen molar-refractivity contribution in [1.29, 1.82) is 0 Å². The Morgan fingerprint density at radius 1 is 0.861 bits per heavy atom. The third-order valence-electron chi connectivity index (χ3n) is 3.46. The number of benzene rings is 2. The average molecular weight is 587 g/mol. The Morgan fingerprint density at radius 3 is 1.78 bits per heavy atom. The first-order valence-electron chi connectivity index (χ1n) is 9.45. The summed E-state index contributed by atoms with van der Waals surface area (Å²) in [6.45, 7) is 3.66. The van der Waals surface area contributed by atoms with Crippen LogP contribution in [0.3, 0.4) is 0 Å². The van der Waals surface area contributed by atoms with Gasteiger partial charge in [-0.25, -0.2) is 19.2 Å². The lowest BCUT2D eigenvalue weighted by atomic mass is 10.2. The molecule has 196 valence electrons. The molecule has 0 radical (unpaired) electrons. The van der Waals surface area contributed by atoms with E-state index < -0.39 is 32.7 Å². The maximum Gasteiger partial charge on any atom is 0.409 e. The predicted molar refractivity (Wildman–Crippen MR) is 131 cm³/mol. The second-order valence-electron chi connectivity index (χ2n) is 6.37. The Labute approximate surface area is 225 Å². The van der Waals surface area contributed by atoms with Gasteiger partial charge < -0.3 is 18.9 Å². The maximum atomic E-state index is 11.0. The quantitative estimate of drug-likeness (QED) is 0.112. The number of nitro benzene ring substituents is 1. The van der Waals surface area contributed by atoms with Crippen LogP contribution < -0.4 is 9.47 Å². The van der Waals surface area contributed by atoms with Gasteiger partial charge in [0.2, 0.25) is 5.75 Å². The van der Waals surface area contributed by atoms with E-state index in [1.807, 2.05) is 13.8 Å². The zero-order valence-corrected chi connectivity index (χ0v) is 21.8. The molecule has 36 heavy (non-hydrogen) atoms. The van der Waals surface area contributed by atoms with Gasteiger partial charge in [0, 0.05) is 46.8 Å². The molecule has 0 saturated heterocycles. The molecule has 2 rings (SSSR count). The smallest absolute Gasteiger partial charge is 0.409 e. The van der Waals surface area contributed by atoms with Crippen LogP contribution in [0, 0.1) is 16.0 Å². The minimum Gasteiger partial charge on any atom is -0.465 e. The summed E-state index contributed by atoms with van der Waals surface area (Å²) < 4.78 is 17.8. The lowest BCUT2D eigenvalue weighted by Crippen LogP contribution is -2.13. The van der Waals surface area contributed by atoms with Crippen LogP contribution >= 0.6 is 46.4 Å². The second-order valence-corrected chi connectivity index (χ2v) is 7.73. The van der Waals surface area contributed by atoms with Crippen molar-refractivity contribution < 1.29 is 43.0 Å². The van der Waals surface area contributed by atoms with Crippen molar-refractivity contribution in [1.82, 2.24) is 0 Å². The first-order chi connectivity index (χ1) is 16.8. The van der Waals surface area contributed by atoms with Crippen LogP contribution in [-0.2, 0) is 9.47 Å². The van der Waals surface area contributed by atoms with Gasteiger partial charge in [-0.3, -0.25) is 10.1 Å². The molecule has 0 saturated carbocycles. The summed E-state index contributed by atoms with van der Waals surface area (Å²) in [7, 11) is 1.29. The van der Waals surface area contributed by atoms with Gasteiger partial charge in [-0.2, -0.15) is 0 Å². The number of alkyl halides is 1. The van der Waals surface area contributed by atoms with Crippen molar-refractivity contribution in [2.24, 2.45) is 5.92 Å². The molecule has 0 heterocycles. The summed E-state index contributed by atoms with van der Waals surface area (Å²) in [6, 6.07) is 11.3. The number of nitrogens with zero attached hydrogens (tertiary/aromatic N) is 1. The van der Waals surface area contributed by atoms with E-state index in [0.717, 1.165) is 0 Å². The number of carbonyl (C=O) groups is 4. The molecule has 1 atom stereocenters. The van der Waals surface area contributed by atoms with Gasteiger partial charge >= 0.3 is 27.9 Å². The SMILES string of the molecule is CC(C)C(Cl)OC(=O)Cl.COC(=O)c1ccc(OC(=O)Cl)cc1.O=C(Cl)Oc1ccccc1[N+](=O)[O-]. The molecule has 0 amide bonds. The Morgan fingerprint density at radius 2 is 1.39 bits per heavy atom. The Bertz CT molecular complexity index is 1050. The monoisotopic (exact) mass is 585 g/mol. The van der Waals surface area contributed by atoms with Crippen LogP contribution in [-0.4, -0.2) is 39.9 Å². The lowest BCUT2D eigenvalue weighted by molar-refractivity contribution is -0.385. The van der Waals surface area contributed by atoms with Gasteiger partial charge in [-0.15, -0.1) is 0 Å². The molecule has 2 aromatic carbocycles. The van der Waals surface area contributed by atoms with E-state index in [2.05, 4.69) is 18.9 Å². The molecule has 0 aromatic heterocycles. The fourth-order valence-corrected chi connectivity index (χ4v) is 2.27.